The Hall–Kier alpha value is -3.96. The number of unbranched alkanes of at least 4 members (excludes halogenated alkanes) is 4. The highest BCUT2D eigenvalue weighted by Gasteiger charge is 2.34. The summed E-state index contributed by atoms with van der Waals surface area (Å²) in [6, 6.07) is -7.27. The number of halogens is 4. The van der Waals surface area contributed by atoms with Crippen molar-refractivity contribution >= 4 is 128 Å². The molecule has 0 unspecified atom stereocenters. The number of hydrogen-bond acceptors (Lipinski definition) is 10. The van der Waals surface area contributed by atoms with Gasteiger partial charge in [-0.1, -0.05) is 19.3 Å². The Morgan fingerprint density at radius 2 is 0.982 bits per heavy atom. The second-order valence-corrected chi connectivity index (χ2v) is 15.4. The predicted octanol–water partition coefficient (Wildman–Crippen LogP) is 2.85. The molecule has 0 fully saturated rings. The standard InChI is InChI=1S/C32H38Br4N6O13/c1-14(43)15(9-20(45)46)39-31(54)17(11-22(49)50)41-32(55)18(12-23(51)52)40-30(53)16(10-21(47)48)38-19(44)7-5-3-2-4-6-8-42-13-37-28-26(35)24(33)25(34)27(36)29(28)42/h13,15-18H,2-12H2,1H3,(H,38,44)(H,39,54)(H,40,53)(H,41,55)(H,45,46)(H,47,48)(H,49,50)(H,51,52)/t15-,16+,17-,18-/m0/s1. The third kappa shape index (κ3) is 15.2. The molecular formula is C32H38Br4N6O13. The zero-order valence-electron chi connectivity index (χ0n) is 29.0. The second-order valence-electron chi connectivity index (χ2n) is 12.2. The number of Topliss-reactive ketones (excluding diaryl/α,β-unsaturated/α-hetero) is 1. The monoisotopic (exact) mass is 1030 g/mol. The maximum absolute atomic E-state index is 13.1. The minimum atomic E-state index is -1.99. The lowest BCUT2D eigenvalue weighted by Crippen LogP contribution is -2.58. The Bertz CT molecular complexity index is 1820. The van der Waals surface area contributed by atoms with E-state index in [-0.39, 0.29) is 6.42 Å². The van der Waals surface area contributed by atoms with Crippen molar-refractivity contribution in [3.05, 3.63) is 24.2 Å². The lowest BCUT2D eigenvalue weighted by Gasteiger charge is -2.24. The Morgan fingerprint density at radius 3 is 1.45 bits per heavy atom. The molecule has 0 aliphatic heterocycles. The number of carbonyl (C=O) groups excluding carboxylic acids is 5. The van der Waals surface area contributed by atoms with Crippen LogP contribution in [0, 0.1) is 0 Å². The van der Waals surface area contributed by atoms with Gasteiger partial charge in [-0.25, -0.2) is 4.98 Å². The fourth-order valence-electron chi connectivity index (χ4n) is 5.15. The second kappa shape index (κ2) is 22.6. The first-order valence-electron chi connectivity index (χ1n) is 16.5. The number of amides is 4. The normalized spacial score (nSPS) is 13.2. The molecule has 0 bridgehead atoms. The predicted molar refractivity (Wildman–Crippen MR) is 206 cm³/mol. The Kier molecular flexibility index (Phi) is 19.4. The summed E-state index contributed by atoms with van der Waals surface area (Å²) in [7, 11) is 0. The van der Waals surface area contributed by atoms with Crippen molar-refractivity contribution in [2.24, 2.45) is 0 Å². The molecule has 0 saturated heterocycles. The van der Waals surface area contributed by atoms with Gasteiger partial charge in [-0.2, -0.15) is 0 Å². The number of nitrogens with one attached hydrogen (secondary N) is 4. The van der Waals surface area contributed by atoms with E-state index in [0.717, 1.165) is 55.1 Å². The molecule has 19 nitrogen and oxygen atoms in total. The van der Waals surface area contributed by atoms with Crippen LogP contribution >= 0.6 is 63.7 Å². The molecule has 23 heteroatoms. The van der Waals surface area contributed by atoms with Crippen LogP contribution < -0.4 is 21.3 Å². The number of benzene rings is 1. The number of hydrogen-bond donors (Lipinski definition) is 8. The van der Waals surface area contributed by atoms with Crippen LogP contribution in [0.5, 0.6) is 0 Å². The average Bonchev–Trinajstić information content (AvgIpc) is 3.51. The Morgan fingerprint density at radius 1 is 0.582 bits per heavy atom. The third-order valence-corrected chi connectivity index (χ3v) is 12.6. The molecule has 2 rings (SSSR count). The smallest absolute Gasteiger partial charge is 0.305 e. The van der Waals surface area contributed by atoms with E-state index in [4.69, 9.17) is 5.11 Å². The molecule has 2 aromatic rings. The van der Waals surface area contributed by atoms with Crippen LogP contribution in [0.15, 0.2) is 24.2 Å². The quantitative estimate of drug-likeness (QED) is 0.0426. The van der Waals surface area contributed by atoms with Gasteiger partial charge in [-0.05, 0) is 83.5 Å². The number of aliphatic carboxylic acids is 4. The van der Waals surface area contributed by atoms with Crippen molar-refractivity contribution in [2.45, 2.75) is 102 Å². The number of carboxylic acid groups (broad SMARTS) is 4. The third-order valence-electron chi connectivity index (χ3n) is 7.87. The number of ketones is 1. The molecular weight excluding hydrogens is 996 g/mol. The van der Waals surface area contributed by atoms with Crippen molar-refractivity contribution < 1.29 is 63.6 Å². The highest BCUT2D eigenvalue weighted by atomic mass is 79.9. The number of carboxylic acids is 4. The topological polar surface area (TPSA) is 300 Å². The number of fused-ring (bicyclic) bond motifs is 1. The minimum absolute atomic E-state index is 0.0758. The van der Waals surface area contributed by atoms with Crippen LogP contribution in [0.2, 0.25) is 0 Å². The highest BCUT2D eigenvalue weighted by molar-refractivity contribution is 9.15. The molecule has 0 radical (unpaired) electrons. The van der Waals surface area contributed by atoms with Crippen LogP contribution in [0.4, 0.5) is 0 Å². The Balaban J connectivity index is 1.98. The number of carbonyl (C=O) groups is 9. The zero-order valence-corrected chi connectivity index (χ0v) is 35.4. The molecule has 4 amide bonds. The molecule has 1 aromatic heterocycles. The van der Waals surface area contributed by atoms with Gasteiger partial charge in [0.15, 0.2) is 5.78 Å². The summed E-state index contributed by atoms with van der Waals surface area (Å²) in [5.74, 6) is -11.6. The summed E-state index contributed by atoms with van der Waals surface area (Å²) in [6.45, 7) is 1.65. The van der Waals surface area contributed by atoms with Crippen molar-refractivity contribution in [1.29, 1.82) is 0 Å². The summed E-state index contributed by atoms with van der Waals surface area (Å²) in [4.78, 5) is 113. The van der Waals surface area contributed by atoms with Crippen LogP contribution in [0.1, 0.15) is 71.1 Å². The van der Waals surface area contributed by atoms with Gasteiger partial charge < -0.3 is 46.3 Å². The summed E-state index contributed by atoms with van der Waals surface area (Å²) >= 11 is 14.2. The maximum Gasteiger partial charge on any atom is 0.305 e. The lowest BCUT2D eigenvalue weighted by molar-refractivity contribution is -0.144. The van der Waals surface area contributed by atoms with E-state index in [1.807, 2.05) is 20.5 Å². The molecule has 55 heavy (non-hydrogen) atoms. The largest absolute Gasteiger partial charge is 0.481 e. The molecule has 0 aliphatic carbocycles. The Labute approximate surface area is 346 Å². The van der Waals surface area contributed by atoms with Gasteiger partial charge in [0, 0.05) is 21.9 Å². The number of nitrogens with zero attached hydrogens (tertiary/aromatic N) is 2. The zero-order chi connectivity index (χ0) is 41.6. The van der Waals surface area contributed by atoms with Crippen LogP contribution in [-0.4, -0.2) is 107 Å². The van der Waals surface area contributed by atoms with E-state index in [0.29, 0.717) is 19.4 Å². The molecule has 0 aliphatic rings. The maximum atomic E-state index is 13.1. The van der Waals surface area contributed by atoms with Crippen molar-refractivity contribution in [3.8, 4) is 0 Å². The summed E-state index contributed by atoms with van der Waals surface area (Å²) in [6.07, 6.45) is 1.11. The number of aromatic nitrogens is 2. The van der Waals surface area contributed by atoms with Gasteiger partial charge >= 0.3 is 23.9 Å². The summed E-state index contributed by atoms with van der Waals surface area (Å²) < 4.78 is 5.35. The van der Waals surface area contributed by atoms with Gasteiger partial charge in [-0.15, -0.1) is 0 Å². The van der Waals surface area contributed by atoms with Gasteiger partial charge in [0.25, 0.3) is 0 Å². The van der Waals surface area contributed by atoms with Crippen molar-refractivity contribution in [2.75, 3.05) is 0 Å². The molecule has 1 aromatic carbocycles. The van der Waals surface area contributed by atoms with E-state index in [9.17, 15) is 58.5 Å². The van der Waals surface area contributed by atoms with E-state index in [1.165, 1.54) is 0 Å². The number of aryl methyl sites for hydroxylation is 1. The molecule has 1 heterocycles. The summed E-state index contributed by atoms with van der Waals surface area (Å²) in [5, 5.41) is 45.3. The number of imidazole rings is 1. The average molecular weight is 1030 g/mol. The fraction of sp³-hybridized carbons (Fsp3) is 0.500. The van der Waals surface area contributed by atoms with Gasteiger partial charge in [-0.3, -0.25) is 43.2 Å². The fourth-order valence-corrected chi connectivity index (χ4v) is 7.55. The highest BCUT2D eigenvalue weighted by Crippen LogP contribution is 2.43. The molecule has 4 atom stereocenters. The van der Waals surface area contributed by atoms with Crippen LogP contribution in [0.3, 0.4) is 0 Å². The van der Waals surface area contributed by atoms with Crippen molar-refractivity contribution in [1.82, 2.24) is 30.8 Å². The first-order chi connectivity index (χ1) is 25.7. The first-order valence-corrected chi connectivity index (χ1v) is 19.6. The summed E-state index contributed by atoms with van der Waals surface area (Å²) in [5.41, 5.74) is 1.70. The van der Waals surface area contributed by atoms with E-state index in [1.54, 1.807) is 6.33 Å². The first kappa shape index (κ1) is 47.2. The molecule has 8 N–H and O–H groups in total. The molecule has 302 valence electrons. The van der Waals surface area contributed by atoms with Gasteiger partial charge in [0.2, 0.25) is 23.6 Å². The van der Waals surface area contributed by atoms with E-state index < -0.39 is 103 Å². The SMILES string of the molecule is CC(=O)[C@H](CC(=O)O)NC(=O)[C@H](CC(=O)O)NC(=O)[C@H](CC(=O)O)NC(=O)[C@@H](CC(=O)O)NC(=O)CCCCCCCn1cnc2c(Br)c(Br)c(Br)c(Br)c21. The van der Waals surface area contributed by atoms with Crippen LogP contribution in [0.25, 0.3) is 11.0 Å². The van der Waals surface area contributed by atoms with Gasteiger partial charge in [0.1, 0.15) is 23.6 Å². The lowest BCUT2D eigenvalue weighted by atomic mass is 10.1. The van der Waals surface area contributed by atoms with Crippen molar-refractivity contribution in [3.63, 3.8) is 0 Å². The van der Waals surface area contributed by atoms with Crippen LogP contribution in [-0.2, 0) is 49.7 Å². The minimum Gasteiger partial charge on any atom is -0.481 e. The number of rotatable bonds is 24. The van der Waals surface area contributed by atoms with E-state index >= 15 is 0 Å². The molecule has 0 saturated carbocycles. The molecule has 0 spiro atoms. The van der Waals surface area contributed by atoms with Gasteiger partial charge in [0.05, 0.1) is 52.5 Å². The van der Waals surface area contributed by atoms with E-state index in [2.05, 4.69) is 74.0 Å².